The molecule has 2 heterocycles. The smallest absolute Gasteiger partial charge is 0.247 e. The minimum Gasteiger partial charge on any atom is -0.339 e. The van der Waals surface area contributed by atoms with Crippen molar-refractivity contribution >= 4 is 23.2 Å². The third kappa shape index (κ3) is 2.66. The lowest BCUT2D eigenvalue weighted by molar-refractivity contribution is -0.125. The van der Waals surface area contributed by atoms with E-state index in [-0.39, 0.29) is 5.91 Å². The predicted molar refractivity (Wildman–Crippen MR) is 108 cm³/mol. The van der Waals surface area contributed by atoms with Crippen LogP contribution >= 0.6 is 11.6 Å². The summed E-state index contributed by atoms with van der Waals surface area (Å²) in [5.41, 5.74) is 3.42. The summed E-state index contributed by atoms with van der Waals surface area (Å²) in [5, 5.41) is 3.98. The van der Waals surface area contributed by atoms with Crippen LogP contribution in [0.1, 0.15) is 36.4 Å². The maximum Gasteiger partial charge on any atom is 0.247 e. The fourth-order valence-electron chi connectivity index (χ4n) is 5.21. The number of piperidine rings is 1. The molecule has 5 heteroatoms. The number of amides is 1. The number of carbonyl (C=O) groups is 1. The van der Waals surface area contributed by atoms with E-state index in [1.807, 2.05) is 24.3 Å². The highest BCUT2D eigenvalue weighted by Crippen LogP contribution is 2.43. The van der Waals surface area contributed by atoms with Gasteiger partial charge in [0.2, 0.25) is 5.91 Å². The Morgan fingerprint density at radius 3 is 2.59 bits per heavy atom. The normalized spacial score (nSPS) is 24.3. The Balaban J connectivity index is 1.37. The molecule has 4 nitrogen and oxygen atoms in total. The maximum absolute atomic E-state index is 12.8. The minimum absolute atomic E-state index is 0.181. The topological polar surface area (TPSA) is 35.6 Å². The monoisotopic (exact) mass is 381 g/mol. The van der Waals surface area contributed by atoms with E-state index in [0.29, 0.717) is 12.7 Å². The summed E-state index contributed by atoms with van der Waals surface area (Å²) in [4.78, 5) is 17.6. The molecule has 1 unspecified atom stereocenters. The molecule has 0 bridgehead atoms. The van der Waals surface area contributed by atoms with Crippen molar-refractivity contribution in [2.24, 2.45) is 0 Å². The molecule has 140 valence electrons. The van der Waals surface area contributed by atoms with E-state index in [4.69, 9.17) is 11.6 Å². The van der Waals surface area contributed by atoms with Crippen LogP contribution in [-0.2, 0) is 11.2 Å². The standard InChI is InChI=1S/C22H24ClN3O/c23-19-8-4-7-18-17(19)9-10-20(18)25-13-11-22(12-14-25)21(27)24-15-26(22)16-5-2-1-3-6-16/h1-8,20H,9-15H2,(H,24,27). The third-order valence-corrected chi connectivity index (χ3v) is 7.01. The number of nitrogens with one attached hydrogen (secondary N) is 1. The van der Waals surface area contributed by atoms with E-state index in [1.54, 1.807) is 0 Å². The van der Waals surface area contributed by atoms with E-state index in [9.17, 15) is 4.79 Å². The van der Waals surface area contributed by atoms with Gasteiger partial charge in [0.15, 0.2) is 0 Å². The molecule has 1 N–H and O–H groups in total. The van der Waals surface area contributed by atoms with Crippen LogP contribution in [0.15, 0.2) is 48.5 Å². The zero-order valence-corrected chi connectivity index (χ0v) is 16.1. The summed E-state index contributed by atoms with van der Waals surface area (Å²) in [5.74, 6) is 0.181. The quantitative estimate of drug-likeness (QED) is 0.860. The lowest BCUT2D eigenvalue weighted by Crippen LogP contribution is -2.56. The second-order valence-electron chi connectivity index (χ2n) is 7.86. The maximum atomic E-state index is 12.8. The molecule has 1 atom stereocenters. The van der Waals surface area contributed by atoms with Crippen LogP contribution in [-0.4, -0.2) is 36.1 Å². The molecule has 5 rings (SSSR count). The van der Waals surface area contributed by atoms with E-state index < -0.39 is 5.54 Å². The van der Waals surface area contributed by atoms with Gasteiger partial charge >= 0.3 is 0 Å². The van der Waals surface area contributed by atoms with Gasteiger partial charge in [-0.3, -0.25) is 9.69 Å². The third-order valence-electron chi connectivity index (χ3n) is 6.65. The summed E-state index contributed by atoms with van der Waals surface area (Å²) in [6, 6.07) is 17.0. The zero-order chi connectivity index (χ0) is 18.4. The van der Waals surface area contributed by atoms with Crippen LogP contribution < -0.4 is 10.2 Å². The summed E-state index contributed by atoms with van der Waals surface area (Å²) in [6.07, 6.45) is 3.90. The predicted octanol–water partition coefficient (Wildman–Crippen LogP) is 3.76. The molecule has 1 spiro atoms. The first-order chi connectivity index (χ1) is 13.2. The van der Waals surface area contributed by atoms with E-state index in [0.717, 1.165) is 49.5 Å². The van der Waals surface area contributed by atoms with Crippen molar-refractivity contribution < 1.29 is 4.79 Å². The Labute approximate surface area is 165 Å². The molecule has 2 aliphatic heterocycles. The number of anilines is 1. The van der Waals surface area contributed by atoms with Crippen molar-refractivity contribution in [3.63, 3.8) is 0 Å². The summed E-state index contributed by atoms with van der Waals surface area (Å²) >= 11 is 6.40. The fourth-order valence-corrected chi connectivity index (χ4v) is 5.48. The number of para-hydroxylation sites is 1. The van der Waals surface area contributed by atoms with Gasteiger partial charge in [-0.2, -0.15) is 0 Å². The first kappa shape index (κ1) is 17.1. The van der Waals surface area contributed by atoms with Crippen molar-refractivity contribution in [3.8, 4) is 0 Å². The Hall–Kier alpha value is -2.04. The molecule has 0 saturated carbocycles. The highest BCUT2D eigenvalue weighted by Gasteiger charge is 2.51. The number of hydrogen-bond donors (Lipinski definition) is 1. The lowest BCUT2D eigenvalue weighted by Gasteiger charge is -2.45. The number of rotatable bonds is 2. The van der Waals surface area contributed by atoms with Crippen molar-refractivity contribution in [2.45, 2.75) is 37.3 Å². The minimum atomic E-state index is -0.409. The van der Waals surface area contributed by atoms with Gasteiger partial charge in [0, 0.05) is 29.8 Å². The molecular weight excluding hydrogens is 358 g/mol. The van der Waals surface area contributed by atoms with Gasteiger partial charge in [-0.1, -0.05) is 41.9 Å². The van der Waals surface area contributed by atoms with Gasteiger partial charge < -0.3 is 10.2 Å². The van der Waals surface area contributed by atoms with E-state index in [2.05, 4.69) is 39.4 Å². The molecule has 0 radical (unpaired) electrons. The Morgan fingerprint density at radius 2 is 1.81 bits per heavy atom. The van der Waals surface area contributed by atoms with Crippen LogP contribution in [0.5, 0.6) is 0 Å². The number of carbonyl (C=O) groups excluding carboxylic acids is 1. The molecule has 2 saturated heterocycles. The van der Waals surface area contributed by atoms with Gasteiger partial charge in [0.05, 0.1) is 6.67 Å². The lowest BCUT2D eigenvalue weighted by atomic mass is 9.84. The molecule has 1 amide bonds. The molecule has 3 aliphatic rings. The first-order valence-electron chi connectivity index (χ1n) is 9.81. The number of benzene rings is 2. The van der Waals surface area contributed by atoms with E-state index in [1.165, 1.54) is 11.1 Å². The highest BCUT2D eigenvalue weighted by molar-refractivity contribution is 6.31. The summed E-state index contributed by atoms with van der Waals surface area (Å²) < 4.78 is 0. The average Bonchev–Trinajstić information content (AvgIpc) is 3.27. The van der Waals surface area contributed by atoms with Gasteiger partial charge in [-0.05, 0) is 55.0 Å². The van der Waals surface area contributed by atoms with E-state index >= 15 is 0 Å². The van der Waals surface area contributed by atoms with Crippen molar-refractivity contribution in [1.82, 2.24) is 10.2 Å². The molecule has 2 aromatic rings. The average molecular weight is 382 g/mol. The fraction of sp³-hybridized carbons (Fsp3) is 0.409. The Morgan fingerprint density at radius 1 is 1.04 bits per heavy atom. The molecular formula is C22H24ClN3O. The molecule has 2 aromatic carbocycles. The van der Waals surface area contributed by atoms with Crippen molar-refractivity contribution in [1.29, 1.82) is 0 Å². The highest BCUT2D eigenvalue weighted by atomic mass is 35.5. The molecule has 1 aliphatic carbocycles. The van der Waals surface area contributed by atoms with Crippen LogP contribution in [0.4, 0.5) is 5.69 Å². The van der Waals surface area contributed by atoms with Gasteiger partial charge in [0.1, 0.15) is 5.54 Å². The summed E-state index contributed by atoms with van der Waals surface area (Å²) in [7, 11) is 0. The van der Waals surface area contributed by atoms with Crippen LogP contribution in [0.25, 0.3) is 0 Å². The second-order valence-corrected chi connectivity index (χ2v) is 8.26. The summed E-state index contributed by atoms with van der Waals surface area (Å²) in [6.45, 7) is 2.48. The zero-order valence-electron chi connectivity index (χ0n) is 15.3. The van der Waals surface area contributed by atoms with Crippen LogP contribution in [0, 0.1) is 0 Å². The SMILES string of the molecule is O=C1NCN(c2ccccc2)C12CCN(C1CCc3c(Cl)cccc31)CC2. The second kappa shape index (κ2) is 6.54. The Bertz CT molecular complexity index is 861. The number of fused-ring (bicyclic) bond motifs is 1. The van der Waals surface area contributed by atoms with Crippen molar-refractivity contribution in [3.05, 3.63) is 64.7 Å². The number of nitrogens with zero attached hydrogens (tertiary/aromatic N) is 2. The number of halogens is 1. The van der Waals surface area contributed by atoms with Gasteiger partial charge in [0.25, 0.3) is 0 Å². The Kier molecular flexibility index (Phi) is 4.14. The van der Waals surface area contributed by atoms with Crippen LogP contribution in [0.3, 0.4) is 0 Å². The van der Waals surface area contributed by atoms with Crippen molar-refractivity contribution in [2.75, 3.05) is 24.7 Å². The molecule has 0 aromatic heterocycles. The number of likely N-dealkylation sites (tertiary alicyclic amines) is 1. The van der Waals surface area contributed by atoms with Gasteiger partial charge in [-0.25, -0.2) is 0 Å². The largest absolute Gasteiger partial charge is 0.339 e. The first-order valence-corrected chi connectivity index (χ1v) is 10.2. The number of hydrogen-bond acceptors (Lipinski definition) is 3. The van der Waals surface area contributed by atoms with Crippen LogP contribution in [0.2, 0.25) is 5.02 Å². The molecule has 27 heavy (non-hydrogen) atoms. The molecule has 2 fully saturated rings. The van der Waals surface area contributed by atoms with Gasteiger partial charge in [-0.15, -0.1) is 0 Å².